The molecule has 0 aromatic carbocycles. The minimum absolute atomic E-state index is 0.115. The first-order valence-electron chi connectivity index (χ1n) is 13.7. The second kappa shape index (κ2) is 11.7. The Morgan fingerprint density at radius 2 is 0.900 bits per heavy atom. The molecule has 10 unspecified atom stereocenters. The second-order valence-electron chi connectivity index (χ2n) is 12.2. The number of aliphatic hydroxyl groups excluding tert-OH is 2. The molecule has 0 aromatic heterocycles. The monoisotopic (exact) mass is 420 g/mol. The van der Waals surface area contributed by atoms with E-state index in [1.165, 1.54) is 89.9 Å². The van der Waals surface area contributed by atoms with Crippen LogP contribution in [0, 0.1) is 47.3 Å². The Bertz CT molecular complexity index is 445. The molecule has 3 aliphatic carbocycles. The molecule has 0 heterocycles. The van der Waals surface area contributed by atoms with Crippen LogP contribution in [0.4, 0.5) is 0 Å². The van der Waals surface area contributed by atoms with E-state index in [4.69, 9.17) is 0 Å². The summed E-state index contributed by atoms with van der Waals surface area (Å²) < 4.78 is 0. The molecule has 3 aliphatic rings. The summed E-state index contributed by atoms with van der Waals surface area (Å²) in [5, 5.41) is 20.1. The predicted octanol–water partition coefficient (Wildman–Crippen LogP) is 7.22. The Morgan fingerprint density at radius 1 is 0.533 bits per heavy atom. The number of rotatable bonds is 8. The van der Waals surface area contributed by atoms with Crippen molar-refractivity contribution in [2.75, 3.05) is 0 Å². The highest BCUT2D eigenvalue weighted by atomic mass is 16.3. The lowest BCUT2D eigenvalue weighted by molar-refractivity contribution is 0.0645. The first-order chi connectivity index (χ1) is 14.3. The van der Waals surface area contributed by atoms with E-state index in [1.807, 2.05) is 13.8 Å². The first kappa shape index (κ1) is 24.6. The van der Waals surface area contributed by atoms with E-state index in [2.05, 4.69) is 13.8 Å². The molecule has 30 heavy (non-hydrogen) atoms. The van der Waals surface area contributed by atoms with Crippen molar-refractivity contribution in [1.82, 2.24) is 0 Å². The van der Waals surface area contributed by atoms with Crippen LogP contribution >= 0.6 is 0 Å². The largest absolute Gasteiger partial charge is 0.393 e. The summed E-state index contributed by atoms with van der Waals surface area (Å²) in [5.41, 5.74) is 0. The molecule has 0 amide bonds. The van der Waals surface area contributed by atoms with Gasteiger partial charge in [0.15, 0.2) is 0 Å². The van der Waals surface area contributed by atoms with Crippen molar-refractivity contribution in [2.45, 2.75) is 130 Å². The van der Waals surface area contributed by atoms with Gasteiger partial charge >= 0.3 is 0 Å². The molecule has 3 saturated carbocycles. The number of aliphatic hydroxyl groups is 2. The van der Waals surface area contributed by atoms with Crippen molar-refractivity contribution in [2.24, 2.45) is 47.3 Å². The van der Waals surface area contributed by atoms with Gasteiger partial charge < -0.3 is 10.2 Å². The van der Waals surface area contributed by atoms with Crippen LogP contribution in [-0.2, 0) is 0 Å². The topological polar surface area (TPSA) is 40.5 Å². The lowest BCUT2D eigenvalue weighted by atomic mass is 9.66. The molecule has 2 nitrogen and oxygen atoms in total. The molecule has 2 heteroatoms. The smallest absolute Gasteiger partial charge is 0.0540 e. The average Bonchev–Trinajstić information content (AvgIpc) is 2.74. The van der Waals surface area contributed by atoms with Crippen LogP contribution in [0.2, 0.25) is 0 Å². The molecule has 10 atom stereocenters. The molecule has 3 fully saturated rings. The van der Waals surface area contributed by atoms with Crippen molar-refractivity contribution in [1.29, 1.82) is 0 Å². The first-order valence-corrected chi connectivity index (χ1v) is 13.7. The Morgan fingerprint density at radius 3 is 1.30 bits per heavy atom. The molecule has 0 saturated heterocycles. The lowest BCUT2D eigenvalue weighted by Gasteiger charge is -2.40. The van der Waals surface area contributed by atoms with Crippen molar-refractivity contribution in [3.05, 3.63) is 0 Å². The third kappa shape index (κ3) is 6.96. The van der Waals surface area contributed by atoms with E-state index < -0.39 is 0 Å². The zero-order chi connectivity index (χ0) is 21.7. The van der Waals surface area contributed by atoms with Crippen LogP contribution in [0.1, 0.15) is 118 Å². The fraction of sp³-hybridized carbons (Fsp3) is 1.00. The molecule has 0 aliphatic heterocycles. The number of hydrogen-bond donors (Lipinski definition) is 2. The van der Waals surface area contributed by atoms with E-state index >= 15 is 0 Å². The SMILES string of the molecule is CC(O)C1CCCC(CC(C)C2CCCC(C(C)CC3CCCC(C(C)O)C3)C2)C1. The van der Waals surface area contributed by atoms with E-state index in [1.54, 1.807) is 0 Å². The summed E-state index contributed by atoms with van der Waals surface area (Å²) in [6.45, 7) is 9.08. The predicted molar refractivity (Wildman–Crippen MR) is 127 cm³/mol. The maximum atomic E-state index is 10.0. The van der Waals surface area contributed by atoms with E-state index in [9.17, 15) is 10.2 Å². The Balaban J connectivity index is 1.46. The van der Waals surface area contributed by atoms with Crippen LogP contribution in [0.15, 0.2) is 0 Å². The van der Waals surface area contributed by atoms with Gasteiger partial charge in [0.05, 0.1) is 12.2 Å². The van der Waals surface area contributed by atoms with Gasteiger partial charge in [-0.15, -0.1) is 0 Å². The Hall–Kier alpha value is -0.0800. The maximum absolute atomic E-state index is 10.0. The molecule has 2 N–H and O–H groups in total. The van der Waals surface area contributed by atoms with E-state index in [0.717, 1.165) is 35.5 Å². The molecule has 0 bridgehead atoms. The van der Waals surface area contributed by atoms with Crippen molar-refractivity contribution in [3.8, 4) is 0 Å². The van der Waals surface area contributed by atoms with Crippen molar-refractivity contribution < 1.29 is 10.2 Å². The van der Waals surface area contributed by atoms with E-state index in [-0.39, 0.29) is 12.2 Å². The van der Waals surface area contributed by atoms with Gasteiger partial charge in [-0.3, -0.25) is 0 Å². The fourth-order valence-corrected chi connectivity index (χ4v) is 7.71. The Kier molecular flexibility index (Phi) is 9.57. The Labute approximate surface area is 187 Å². The van der Waals surface area contributed by atoms with Gasteiger partial charge in [-0.1, -0.05) is 58.8 Å². The third-order valence-corrected chi connectivity index (χ3v) is 9.79. The summed E-state index contributed by atoms with van der Waals surface area (Å²) in [5.74, 6) is 6.37. The lowest BCUT2D eigenvalue weighted by Crippen LogP contribution is -2.30. The zero-order valence-electron chi connectivity index (χ0n) is 20.6. The van der Waals surface area contributed by atoms with Gasteiger partial charge in [0, 0.05) is 0 Å². The highest BCUT2D eigenvalue weighted by Gasteiger charge is 2.34. The van der Waals surface area contributed by atoms with Gasteiger partial charge in [0.1, 0.15) is 0 Å². The number of hydrogen-bond acceptors (Lipinski definition) is 2. The molecule has 3 rings (SSSR count). The summed E-state index contributed by atoms with van der Waals surface area (Å²) >= 11 is 0. The van der Waals surface area contributed by atoms with Gasteiger partial charge in [-0.2, -0.15) is 0 Å². The van der Waals surface area contributed by atoms with Crippen molar-refractivity contribution in [3.63, 3.8) is 0 Å². The van der Waals surface area contributed by atoms with Gasteiger partial charge in [-0.25, -0.2) is 0 Å². The minimum Gasteiger partial charge on any atom is -0.393 e. The highest BCUT2D eigenvalue weighted by molar-refractivity contribution is 4.85. The van der Waals surface area contributed by atoms with Crippen molar-refractivity contribution >= 4 is 0 Å². The summed E-state index contributed by atoms with van der Waals surface area (Å²) in [6.07, 6.45) is 18.8. The average molecular weight is 421 g/mol. The van der Waals surface area contributed by atoms with Crippen LogP contribution < -0.4 is 0 Å². The molecule has 0 spiro atoms. The third-order valence-electron chi connectivity index (χ3n) is 9.79. The second-order valence-corrected chi connectivity index (χ2v) is 12.2. The maximum Gasteiger partial charge on any atom is 0.0540 e. The summed E-state index contributed by atoms with van der Waals surface area (Å²) in [6, 6.07) is 0. The minimum atomic E-state index is -0.115. The van der Waals surface area contributed by atoms with E-state index in [0.29, 0.717) is 11.8 Å². The molecular weight excluding hydrogens is 368 g/mol. The normalized spacial score (nSPS) is 39.8. The molecule has 176 valence electrons. The quantitative estimate of drug-likeness (QED) is 0.435. The van der Waals surface area contributed by atoms with Gasteiger partial charge in [0.25, 0.3) is 0 Å². The van der Waals surface area contributed by atoms with Crippen LogP contribution in [0.25, 0.3) is 0 Å². The molecule has 0 radical (unpaired) electrons. The van der Waals surface area contributed by atoms with Gasteiger partial charge in [0.2, 0.25) is 0 Å². The standard InChI is InChI=1S/C28H52O2/c1-19(14-23-8-5-12-27(16-23)21(3)29)25-10-7-11-26(18-25)20(2)15-24-9-6-13-28(17-24)22(4)30/h19-30H,5-18H2,1-4H3. The van der Waals surface area contributed by atoms with Crippen LogP contribution in [0.3, 0.4) is 0 Å². The molecule has 0 aromatic rings. The molecular formula is C28H52O2. The van der Waals surface area contributed by atoms with Crippen LogP contribution in [0.5, 0.6) is 0 Å². The van der Waals surface area contributed by atoms with Crippen LogP contribution in [-0.4, -0.2) is 22.4 Å². The summed E-state index contributed by atoms with van der Waals surface area (Å²) in [4.78, 5) is 0. The zero-order valence-corrected chi connectivity index (χ0v) is 20.6. The summed E-state index contributed by atoms with van der Waals surface area (Å²) in [7, 11) is 0. The highest BCUT2D eigenvalue weighted by Crippen LogP contribution is 2.44. The fourth-order valence-electron chi connectivity index (χ4n) is 7.71. The van der Waals surface area contributed by atoms with Gasteiger partial charge in [-0.05, 0) is 106 Å².